The average Bonchev–Trinajstić information content (AvgIpc) is 3.67. The molecule has 0 fully saturated rings. The number of ether oxygens (including phenoxy) is 1. The predicted octanol–water partition coefficient (Wildman–Crippen LogP) is 4.25. The van der Waals surface area contributed by atoms with Crippen molar-refractivity contribution in [2.24, 2.45) is 0 Å². The quantitative estimate of drug-likeness (QED) is 0.311. The van der Waals surface area contributed by atoms with Crippen LogP contribution in [0, 0.1) is 0 Å². The Morgan fingerprint density at radius 1 is 1.16 bits per heavy atom. The summed E-state index contributed by atoms with van der Waals surface area (Å²) in [5, 5.41) is 2.96. The van der Waals surface area contributed by atoms with Crippen molar-refractivity contribution in [1.82, 2.24) is 19.5 Å². The number of carbonyl (C=O) groups is 2. The van der Waals surface area contributed by atoms with E-state index in [4.69, 9.17) is 14.1 Å². The molecule has 0 aliphatic carbocycles. The van der Waals surface area contributed by atoms with Crippen LogP contribution in [0.2, 0.25) is 0 Å². The number of pyridine rings is 1. The van der Waals surface area contributed by atoms with Gasteiger partial charge in [-0.15, -0.1) is 11.3 Å². The molecule has 5 aromatic rings. The van der Waals surface area contributed by atoms with Crippen molar-refractivity contribution >= 4 is 45.8 Å². The van der Waals surface area contributed by atoms with Crippen LogP contribution in [-0.2, 0) is 22.5 Å². The van der Waals surface area contributed by atoms with Crippen molar-refractivity contribution in [3.05, 3.63) is 77.9 Å². The van der Waals surface area contributed by atoms with Crippen LogP contribution in [0.15, 0.2) is 71.9 Å². The number of nitrogens with zero attached hydrogens (tertiary/aromatic N) is 5. The molecule has 1 N–H and O–H groups in total. The van der Waals surface area contributed by atoms with Crippen molar-refractivity contribution in [1.29, 1.82) is 0 Å². The van der Waals surface area contributed by atoms with Gasteiger partial charge in [0.05, 0.1) is 27.0 Å². The fourth-order valence-corrected chi connectivity index (χ4v) is 4.75. The van der Waals surface area contributed by atoms with E-state index in [0.717, 1.165) is 16.0 Å². The van der Waals surface area contributed by atoms with Crippen LogP contribution in [0.3, 0.4) is 0 Å². The van der Waals surface area contributed by atoms with Crippen molar-refractivity contribution < 1.29 is 18.7 Å². The number of methoxy groups -OCH3 is 1. The Morgan fingerprint density at radius 3 is 2.81 bits per heavy atom. The first-order valence-electron chi connectivity index (χ1n) is 11.5. The number of hydrogen-bond acceptors (Lipinski definition) is 8. The number of thiophene rings is 1. The first-order valence-corrected chi connectivity index (χ1v) is 12.3. The van der Waals surface area contributed by atoms with Crippen LogP contribution in [0.1, 0.15) is 15.2 Å². The van der Waals surface area contributed by atoms with Gasteiger partial charge >= 0.3 is 0 Å². The third kappa shape index (κ3) is 5.27. The summed E-state index contributed by atoms with van der Waals surface area (Å²) >= 11 is 1.31. The van der Waals surface area contributed by atoms with Gasteiger partial charge in [0.2, 0.25) is 5.95 Å². The second-order valence-corrected chi connectivity index (χ2v) is 9.32. The summed E-state index contributed by atoms with van der Waals surface area (Å²) in [6.45, 7) is 0.551. The second kappa shape index (κ2) is 10.7. The number of carbonyl (C=O) groups excluding carboxylic acids is 2. The van der Waals surface area contributed by atoms with E-state index in [2.05, 4.69) is 15.3 Å². The van der Waals surface area contributed by atoms with E-state index < -0.39 is 0 Å². The maximum atomic E-state index is 13.2. The fourth-order valence-electron chi connectivity index (χ4n) is 3.89. The van der Waals surface area contributed by atoms with Gasteiger partial charge in [-0.3, -0.25) is 19.9 Å². The molecule has 0 unspecified atom stereocenters. The maximum absolute atomic E-state index is 13.2. The number of imidazole rings is 1. The average molecular weight is 517 g/mol. The highest BCUT2D eigenvalue weighted by Crippen LogP contribution is 2.29. The number of amides is 2. The Labute approximate surface area is 216 Å². The van der Waals surface area contributed by atoms with Crippen molar-refractivity contribution in [2.45, 2.75) is 13.0 Å². The normalized spacial score (nSPS) is 11.1. The third-order valence-corrected chi connectivity index (χ3v) is 6.94. The molecule has 0 saturated heterocycles. The number of fused-ring (bicyclic) bond motifs is 1. The van der Waals surface area contributed by atoms with Gasteiger partial charge in [0.25, 0.3) is 11.8 Å². The highest BCUT2D eigenvalue weighted by Gasteiger charge is 2.19. The van der Waals surface area contributed by atoms with Gasteiger partial charge < -0.3 is 18.6 Å². The second-order valence-electron chi connectivity index (χ2n) is 8.24. The van der Waals surface area contributed by atoms with Gasteiger partial charge in [-0.1, -0.05) is 6.07 Å². The summed E-state index contributed by atoms with van der Waals surface area (Å²) in [7, 11) is 3.17. The highest BCUT2D eigenvalue weighted by molar-refractivity contribution is 7.17. The Kier molecular flexibility index (Phi) is 7.06. The van der Waals surface area contributed by atoms with Crippen LogP contribution in [-0.4, -0.2) is 52.1 Å². The summed E-state index contributed by atoms with van der Waals surface area (Å²) < 4.78 is 12.3. The van der Waals surface area contributed by atoms with Gasteiger partial charge in [-0.2, -0.15) is 0 Å². The fraction of sp³-hybridized carbons (Fsp3) is 0.192. The molecular formula is C26H24N6O4S. The van der Waals surface area contributed by atoms with E-state index >= 15 is 0 Å². The molecule has 10 nitrogen and oxygen atoms in total. The van der Waals surface area contributed by atoms with Gasteiger partial charge in [0.15, 0.2) is 12.2 Å². The van der Waals surface area contributed by atoms with Crippen LogP contribution in [0.4, 0.5) is 11.6 Å². The van der Waals surface area contributed by atoms with Crippen LogP contribution < -0.4 is 10.2 Å². The molecule has 0 aliphatic heterocycles. The molecule has 188 valence electrons. The van der Waals surface area contributed by atoms with Crippen molar-refractivity contribution in [2.75, 3.05) is 31.0 Å². The number of benzene rings is 1. The van der Waals surface area contributed by atoms with E-state index in [0.29, 0.717) is 40.8 Å². The van der Waals surface area contributed by atoms with Crippen LogP contribution in [0.25, 0.3) is 21.7 Å². The van der Waals surface area contributed by atoms with Crippen molar-refractivity contribution in [3.63, 3.8) is 0 Å². The van der Waals surface area contributed by atoms with E-state index in [1.165, 1.54) is 29.7 Å². The predicted molar refractivity (Wildman–Crippen MR) is 141 cm³/mol. The first-order chi connectivity index (χ1) is 18.0. The molecule has 11 heteroatoms. The molecule has 1 aromatic carbocycles. The van der Waals surface area contributed by atoms with E-state index in [9.17, 15) is 9.59 Å². The van der Waals surface area contributed by atoms with Crippen LogP contribution in [0.5, 0.6) is 0 Å². The summed E-state index contributed by atoms with van der Waals surface area (Å²) in [6, 6.07) is 13.1. The molecule has 0 spiro atoms. The number of rotatable bonds is 9. The molecule has 4 aromatic heterocycles. The number of aromatic nitrogens is 4. The molecule has 0 aliphatic rings. The monoisotopic (exact) mass is 516 g/mol. The Bertz CT molecular complexity index is 1530. The zero-order valence-electron chi connectivity index (χ0n) is 20.2. The number of aryl methyl sites for hydroxylation is 2. The minimum absolute atomic E-state index is 0.0216. The summed E-state index contributed by atoms with van der Waals surface area (Å²) in [6.07, 6.45) is 7.22. The Balaban J connectivity index is 1.45. The van der Waals surface area contributed by atoms with E-state index in [1.807, 2.05) is 47.2 Å². The number of oxazole rings is 1. The van der Waals surface area contributed by atoms with E-state index in [1.54, 1.807) is 25.5 Å². The molecular weight excluding hydrogens is 492 g/mol. The lowest BCUT2D eigenvalue weighted by Gasteiger charge is -2.17. The number of hydrogen-bond donors (Lipinski definition) is 1. The SMILES string of the molecule is COCC(=O)N(C)c1ccc2c(c1)nc(NC(=O)c1ccc(-c3cnco3)s1)n2CCc1cccnc1. The molecule has 5 rings (SSSR count). The molecule has 37 heavy (non-hydrogen) atoms. The molecule has 0 atom stereocenters. The standard InChI is InChI=1S/C26H24N6O4S/c1-31(24(33)15-35-2)18-5-6-20-19(12-18)29-26(32(20)11-9-17-4-3-10-27-13-17)30-25(34)23-8-7-22(37-23)21-14-28-16-36-21/h3-8,10,12-14,16H,9,11,15H2,1-2H3,(H,29,30,34). The molecule has 0 radical (unpaired) electrons. The number of likely N-dealkylation sites (N-methyl/N-ethyl adjacent to an activating group) is 1. The molecule has 0 bridgehead atoms. The zero-order valence-corrected chi connectivity index (χ0v) is 21.1. The number of anilines is 2. The minimum atomic E-state index is -0.277. The summed E-state index contributed by atoms with van der Waals surface area (Å²) in [5.74, 6) is 0.571. The Morgan fingerprint density at radius 2 is 2.05 bits per heavy atom. The molecule has 0 saturated carbocycles. The lowest BCUT2D eigenvalue weighted by Crippen LogP contribution is -2.29. The van der Waals surface area contributed by atoms with Gasteiger partial charge in [-0.25, -0.2) is 9.97 Å². The minimum Gasteiger partial charge on any atom is -0.443 e. The first kappa shape index (κ1) is 24.3. The summed E-state index contributed by atoms with van der Waals surface area (Å²) in [5.41, 5.74) is 3.24. The lowest BCUT2D eigenvalue weighted by atomic mass is 10.2. The van der Waals surface area contributed by atoms with Crippen LogP contribution >= 0.6 is 11.3 Å². The molecule has 2 amide bonds. The third-order valence-electron chi connectivity index (χ3n) is 5.84. The molecule has 4 heterocycles. The van der Waals surface area contributed by atoms with E-state index in [-0.39, 0.29) is 18.4 Å². The summed E-state index contributed by atoms with van der Waals surface area (Å²) in [4.78, 5) is 41.1. The number of nitrogens with one attached hydrogen (secondary N) is 1. The topological polar surface area (TPSA) is 115 Å². The Hall–Kier alpha value is -4.35. The largest absolute Gasteiger partial charge is 0.443 e. The van der Waals surface area contributed by atoms with Gasteiger partial charge in [0.1, 0.15) is 6.61 Å². The van der Waals surface area contributed by atoms with Crippen molar-refractivity contribution in [3.8, 4) is 10.6 Å². The smallest absolute Gasteiger partial charge is 0.268 e. The highest BCUT2D eigenvalue weighted by atomic mass is 32.1. The van der Waals surface area contributed by atoms with Gasteiger partial charge in [0, 0.05) is 38.8 Å². The zero-order chi connectivity index (χ0) is 25.8. The van der Waals surface area contributed by atoms with Gasteiger partial charge in [-0.05, 0) is 48.4 Å². The maximum Gasteiger partial charge on any atom is 0.268 e. The lowest BCUT2D eigenvalue weighted by molar-refractivity contribution is -0.121.